The summed E-state index contributed by atoms with van der Waals surface area (Å²) in [6.07, 6.45) is 0. The Morgan fingerprint density at radius 3 is 2.39 bits per heavy atom. The molecule has 1 aromatic heterocycles. The summed E-state index contributed by atoms with van der Waals surface area (Å²) < 4.78 is 1.67. The lowest BCUT2D eigenvalue weighted by Crippen LogP contribution is -2.01. The van der Waals surface area contributed by atoms with Crippen molar-refractivity contribution in [2.75, 3.05) is 5.73 Å². The van der Waals surface area contributed by atoms with Gasteiger partial charge in [0.15, 0.2) is 5.82 Å². The van der Waals surface area contributed by atoms with Crippen LogP contribution < -0.4 is 5.73 Å². The summed E-state index contributed by atoms with van der Waals surface area (Å²) in [5.41, 5.74) is 8.34. The topological polar surface area (TPSA) is 69.6 Å². The van der Waals surface area contributed by atoms with E-state index >= 15 is 0 Å². The van der Waals surface area contributed by atoms with Gasteiger partial charge >= 0.3 is 0 Å². The van der Waals surface area contributed by atoms with Gasteiger partial charge in [0.1, 0.15) is 0 Å². The molecule has 0 amide bonds. The molecular formula is C13H11N5. The molecule has 3 rings (SSSR count). The van der Waals surface area contributed by atoms with Crippen molar-refractivity contribution in [2.45, 2.75) is 0 Å². The molecule has 5 heteroatoms. The van der Waals surface area contributed by atoms with Crippen molar-refractivity contribution in [3.8, 4) is 17.1 Å². The lowest BCUT2D eigenvalue weighted by molar-refractivity contribution is 0.791. The maximum Gasteiger partial charge on any atom is 0.189 e. The summed E-state index contributed by atoms with van der Waals surface area (Å²) in [5.74, 6) is 0.638. The molecule has 1 heterocycles. The van der Waals surface area contributed by atoms with Crippen LogP contribution in [0.5, 0.6) is 0 Å². The quantitative estimate of drug-likeness (QED) is 0.691. The predicted octanol–water partition coefficient (Wildman–Crippen LogP) is 1.91. The van der Waals surface area contributed by atoms with E-state index in [1.165, 1.54) is 0 Å². The number of benzene rings is 2. The van der Waals surface area contributed by atoms with E-state index in [1.807, 2.05) is 54.6 Å². The molecule has 0 aliphatic heterocycles. The fourth-order valence-electron chi connectivity index (χ4n) is 1.80. The average molecular weight is 237 g/mol. The van der Waals surface area contributed by atoms with Crippen LogP contribution in [0, 0.1) is 0 Å². The minimum absolute atomic E-state index is 0.638. The van der Waals surface area contributed by atoms with Gasteiger partial charge in [0, 0.05) is 11.3 Å². The first kappa shape index (κ1) is 10.5. The van der Waals surface area contributed by atoms with Gasteiger partial charge < -0.3 is 5.73 Å². The Bertz CT molecular complexity index is 660. The van der Waals surface area contributed by atoms with Crippen LogP contribution in [0.3, 0.4) is 0 Å². The van der Waals surface area contributed by atoms with Crippen LogP contribution in [0.4, 0.5) is 5.69 Å². The molecule has 0 radical (unpaired) electrons. The van der Waals surface area contributed by atoms with E-state index in [1.54, 1.807) is 4.68 Å². The van der Waals surface area contributed by atoms with Gasteiger partial charge in [-0.3, -0.25) is 0 Å². The number of rotatable bonds is 2. The monoisotopic (exact) mass is 237 g/mol. The number of hydrogen-bond acceptors (Lipinski definition) is 4. The van der Waals surface area contributed by atoms with Crippen molar-refractivity contribution >= 4 is 5.69 Å². The van der Waals surface area contributed by atoms with Crippen LogP contribution in [-0.4, -0.2) is 20.2 Å². The van der Waals surface area contributed by atoms with Crippen molar-refractivity contribution < 1.29 is 0 Å². The third kappa shape index (κ3) is 1.71. The number of tetrazole rings is 1. The zero-order chi connectivity index (χ0) is 12.4. The molecule has 0 saturated heterocycles. The first-order valence-electron chi connectivity index (χ1n) is 5.55. The average Bonchev–Trinajstić information content (AvgIpc) is 2.89. The highest BCUT2D eigenvalue weighted by Gasteiger charge is 2.12. The molecule has 2 N–H and O–H groups in total. The molecule has 0 aliphatic carbocycles. The number of nitrogens with two attached hydrogens (primary N) is 1. The maximum atomic E-state index is 5.95. The summed E-state index contributed by atoms with van der Waals surface area (Å²) in [6.45, 7) is 0. The van der Waals surface area contributed by atoms with Crippen molar-refractivity contribution in [3.63, 3.8) is 0 Å². The highest BCUT2D eigenvalue weighted by atomic mass is 15.5. The number of nitrogen functional groups attached to an aromatic ring is 1. The maximum absolute atomic E-state index is 5.95. The number of nitrogens with zero attached hydrogens (tertiary/aromatic N) is 4. The van der Waals surface area contributed by atoms with Gasteiger partial charge in [0.05, 0.1) is 5.69 Å². The Labute approximate surface area is 104 Å². The van der Waals surface area contributed by atoms with E-state index in [2.05, 4.69) is 15.5 Å². The Morgan fingerprint density at radius 1 is 0.889 bits per heavy atom. The zero-order valence-electron chi connectivity index (χ0n) is 9.56. The first-order valence-corrected chi connectivity index (χ1v) is 5.55. The molecule has 18 heavy (non-hydrogen) atoms. The summed E-state index contributed by atoms with van der Waals surface area (Å²) in [6, 6.07) is 17.2. The van der Waals surface area contributed by atoms with Crippen molar-refractivity contribution in [3.05, 3.63) is 54.6 Å². The van der Waals surface area contributed by atoms with Gasteiger partial charge in [0.25, 0.3) is 0 Å². The summed E-state index contributed by atoms with van der Waals surface area (Å²) in [7, 11) is 0. The minimum atomic E-state index is 0.638. The standard InChI is InChI=1S/C13H11N5/c14-12-9-5-4-8-11(12)13-15-16-17-18(13)10-6-2-1-3-7-10/h1-9H,14H2. The molecule has 5 nitrogen and oxygen atoms in total. The Kier molecular flexibility index (Phi) is 2.49. The third-order valence-electron chi connectivity index (χ3n) is 2.67. The van der Waals surface area contributed by atoms with Gasteiger partial charge in [-0.2, -0.15) is 4.68 Å². The Balaban J connectivity index is 2.16. The molecule has 0 bridgehead atoms. The molecule has 0 fully saturated rings. The number of para-hydroxylation sites is 2. The highest BCUT2D eigenvalue weighted by Crippen LogP contribution is 2.24. The Hall–Kier alpha value is -2.69. The molecule has 2 aromatic carbocycles. The largest absolute Gasteiger partial charge is 0.398 e. The van der Waals surface area contributed by atoms with Gasteiger partial charge in [-0.05, 0) is 34.7 Å². The molecule has 0 unspecified atom stereocenters. The van der Waals surface area contributed by atoms with Gasteiger partial charge in [-0.1, -0.05) is 30.3 Å². The normalized spacial score (nSPS) is 10.4. The van der Waals surface area contributed by atoms with Crippen LogP contribution in [0.15, 0.2) is 54.6 Å². The van der Waals surface area contributed by atoms with Crippen molar-refractivity contribution in [1.29, 1.82) is 0 Å². The number of aromatic nitrogens is 4. The highest BCUT2D eigenvalue weighted by molar-refractivity contribution is 5.72. The molecule has 0 aliphatic rings. The summed E-state index contributed by atoms with van der Waals surface area (Å²) >= 11 is 0. The first-order chi connectivity index (χ1) is 8.86. The lowest BCUT2D eigenvalue weighted by atomic mass is 10.1. The van der Waals surface area contributed by atoms with E-state index in [4.69, 9.17) is 5.73 Å². The van der Waals surface area contributed by atoms with E-state index < -0.39 is 0 Å². The fourth-order valence-corrected chi connectivity index (χ4v) is 1.80. The van der Waals surface area contributed by atoms with Gasteiger partial charge in [-0.15, -0.1) is 5.10 Å². The summed E-state index contributed by atoms with van der Waals surface area (Å²) in [5, 5.41) is 11.8. The van der Waals surface area contributed by atoms with Crippen LogP contribution >= 0.6 is 0 Å². The second kappa shape index (κ2) is 4.29. The second-order valence-corrected chi connectivity index (χ2v) is 3.84. The Morgan fingerprint density at radius 2 is 1.61 bits per heavy atom. The number of anilines is 1. The predicted molar refractivity (Wildman–Crippen MR) is 69.0 cm³/mol. The van der Waals surface area contributed by atoms with Crippen LogP contribution in [0.1, 0.15) is 0 Å². The second-order valence-electron chi connectivity index (χ2n) is 3.84. The molecule has 0 spiro atoms. The van der Waals surface area contributed by atoms with Crippen LogP contribution in [0.25, 0.3) is 17.1 Å². The van der Waals surface area contributed by atoms with Crippen molar-refractivity contribution in [2.24, 2.45) is 0 Å². The minimum Gasteiger partial charge on any atom is -0.398 e. The van der Waals surface area contributed by atoms with Crippen LogP contribution in [-0.2, 0) is 0 Å². The molecule has 0 saturated carbocycles. The van der Waals surface area contributed by atoms with E-state index in [0.29, 0.717) is 11.5 Å². The molecule has 3 aromatic rings. The molecule has 88 valence electrons. The lowest BCUT2D eigenvalue weighted by Gasteiger charge is -2.06. The van der Waals surface area contributed by atoms with E-state index in [-0.39, 0.29) is 0 Å². The van der Waals surface area contributed by atoms with Gasteiger partial charge in [0.2, 0.25) is 0 Å². The van der Waals surface area contributed by atoms with E-state index in [0.717, 1.165) is 11.3 Å². The zero-order valence-corrected chi connectivity index (χ0v) is 9.56. The van der Waals surface area contributed by atoms with Crippen molar-refractivity contribution in [1.82, 2.24) is 20.2 Å². The number of hydrogen-bond donors (Lipinski definition) is 1. The summed E-state index contributed by atoms with van der Waals surface area (Å²) in [4.78, 5) is 0. The third-order valence-corrected chi connectivity index (χ3v) is 2.67. The van der Waals surface area contributed by atoms with E-state index in [9.17, 15) is 0 Å². The smallest absolute Gasteiger partial charge is 0.189 e. The fraction of sp³-hybridized carbons (Fsp3) is 0. The molecule has 0 atom stereocenters. The van der Waals surface area contributed by atoms with Crippen LogP contribution in [0.2, 0.25) is 0 Å². The SMILES string of the molecule is Nc1ccccc1-c1nnnn1-c1ccccc1. The molecular weight excluding hydrogens is 226 g/mol. The van der Waals surface area contributed by atoms with Gasteiger partial charge in [-0.25, -0.2) is 0 Å².